The van der Waals surface area contributed by atoms with Gasteiger partial charge in [0.1, 0.15) is 6.10 Å². The highest BCUT2D eigenvalue weighted by Crippen LogP contribution is 2.35. The molecule has 0 amide bonds. The maximum Gasteiger partial charge on any atom is 0.349 e. The van der Waals surface area contributed by atoms with Crippen LogP contribution in [0.1, 0.15) is 6.92 Å². The summed E-state index contributed by atoms with van der Waals surface area (Å²) in [6.45, 7) is 0.999. The van der Waals surface area contributed by atoms with Crippen molar-refractivity contribution in [3.8, 4) is 17.2 Å². The molecule has 0 aromatic heterocycles. The molecule has 0 saturated heterocycles. The normalized spacial score (nSPS) is 14.3. The van der Waals surface area contributed by atoms with Gasteiger partial charge < -0.3 is 35.0 Å². The Labute approximate surface area is 129 Å². The summed E-state index contributed by atoms with van der Waals surface area (Å²) < 4.78 is 9.24. The zero-order valence-corrected chi connectivity index (χ0v) is 11.7. The number of ether oxygens (including phenoxy) is 2. The van der Waals surface area contributed by atoms with Crippen LogP contribution in [0.5, 0.6) is 17.2 Å². The maximum absolute atomic E-state index is 11.3. The van der Waals surface area contributed by atoms with Crippen molar-refractivity contribution in [2.24, 2.45) is 0 Å². The number of carbonyl (C=O) groups excluding carboxylic acids is 1. The number of aliphatic hydroxyl groups excluding tert-OH is 1. The second-order valence-electron chi connectivity index (χ2n) is 4.37. The lowest BCUT2D eigenvalue weighted by Gasteiger charge is -2.22. The van der Waals surface area contributed by atoms with E-state index in [1.54, 1.807) is 0 Å². The number of aliphatic hydroxyl groups is 1. The number of aromatic hydroxyl groups is 2. The second-order valence-corrected chi connectivity index (χ2v) is 4.37. The molecule has 0 aliphatic rings. The summed E-state index contributed by atoms with van der Waals surface area (Å²) in [6, 6.07) is 3.36. The van der Waals surface area contributed by atoms with Crippen molar-refractivity contribution >= 4 is 17.9 Å². The summed E-state index contributed by atoms with van der Waals surface area (Å²) in [7, 11) is 0. The number of hydrogen-bond acceptors (Lipinski definition) is 8. The zero-order chi connectivity index (χ0) is 17.7. The van der Waals surface area contributed by atoms with E-state index in [1.807, 2.05) is 0 Å². The molecule has 1 aromatic carbocycles. The molecule has 0 saturated carbocycles. The molecule has 3 atom stereocenters. The standard InChI is InChI=1S/C13H14O10/c1-5(14)13(21)23-10(12(19)20)9(11(17)18)22-7-4-2-3-6(15)8(7)16/h2-5,9-10,14-16H,1H3,(H,17,18)(H,19,20). The highest BCUT2D eigenvalue weighted by Gasteiger charge is 2.40. The van der Waals surface area contributed by atoms with Gasteiger partial charge in [-0.25, -0.2) is 14.4 Å². The molecule has 0 aliphatic carbocycles. The molecular weight excluding hydrogens is 316 g/mol. The molecule has 23 heavy (non-hydrogen) atoms. The molecule has 5 N–H and O–H groups in total. The van der Waals surface area contributed by atoms with E-state index in [1.165, 1.54) is 6.07 Å². The Morgan fingerprint density at radius 1 is 1.04 bits per heavy atom. The quantitative estimate of drug-likeness (QED) is 0.318. The maximum atomic E-state index is 11.3. The zero-order valence-electron chi connectivity index (χ0n) is 11.7. The molecule has 0 bridgehead atoms. The van der Waals surface area contributed by atoms with Gasteiger partial charge in [0.2, 0.25) is 18.0 Å². The highest BCUT2D eigenvalue weighted by atomic mass is 16.6. The molecule has 10 heteroatoms. The van der Waals surface area contributed by atoms with Gasteiger partial charge in [-0.05, 0) is 19.1 Å². The van der Waals surface area contributed by atoms with Crippen LogP contribution < -0.4 is 4.74 Å². The SMILES string of the molecule is CC(O)C(=O)OC(C(=O)O)C(Oc1cccc(O)c1O)C(=O)O. The molecule has 1 aromatic rings. The summed E-state index contributed by atoms with van der Waals surface area (Å²) in [5.41, 5.74) is 0. The van der Waals surface area contributed by atoms with Crippen molar-refractivity contribution in [3.05, 3.63) is 18.2 Å². The molecule has 126 valence electrons. The van der Waals surface area contributed by atoms with Crippen LogP contribution in [0, 0.1) is 0 Å². The molecule has 1 rings (SSSR count). The van der Waals surface area contributed by atoms with E-state index in [0.717, 1.165) is 19.1 Å². The Morgan fingerprint density at radius 2 is 1.61 bits per heavy atom. The molecule has 0 aliphatic heterocycles. The number of phenolic OH excluding ortho intramolecular Hbond substituents is 2. The van der Waals surface area contributed by atoms with Gasteiger partial charge in [0.05, 0.1) is 0 Å². The largest absolute Gasteiger partial charge is 0.504 e. The predicted molar refractivity (Wildman–Crippen MR) is 71.0 cm³/mol. The third-order valence-electron chi connectivity index (χ3n) is 2.58. The first-order valence-electron chi connectivity index (χ1n) is 6.17. The molecule has 0 spiro atoms. The lowest BCUT2D eigenvalue weighted by atomic mass is 10.2. The van der Waals surface area contributed by atoms with E-state index in [0.29, 0.717) is 0 Å². The lowest BCUT2D eigenvalue weighted by molar-refractivity contribution is -0.180. The molecule has 0 heterocycles. The van der Waals surface area contributed by atoms with Crippen molar-refractivity contribution in [2.75, 3.05) is 0 Å². The number of aliphatic carboxylic acids is 2. The van der Waals surface area contributed by atoms with Gasteiger partial charge in [0, 0.05) is 0 Å². The Hall–Kier alpha value is -3.01. The van der Waals surface area contributed by atoms with Crippen LogP contribution in [0.3, 0.4) is 0 Å². The number of hydrogen-bond donors (Lipinski definition) is 5. The number of benzene rings is 1. The van der Waals surface area contributed by atoms with Crippen molar-refractivity contribution in [1.82, 2.24) is 0 Å². The highest BCUT2D eigenvalue weighted by molar-refractivity contribution is 5.87. The molecule has 0 fully saturated rings. The van der Waals surface area contributed by atoms with Crippen LogP contribution in [0.4, 0.5) is 0 Å². The van der Waals surface area contributed by atoms with Gasteiger partial charge in [0.25, 0.3) is 0 Å². The fraction of sp³-hybridized carbons (Fsp3) is 0.308. The van der Waals surface area contributed by atoms with Gasteiger partial charge in [-0.15, -0.1) is 0 Å². The first-order valence-corrected chi connectivity index (χ1v) is 6.17. The monoisotopic (exact) mass is 330 g/mol. The Bertz CT molecular complexity index is 609. The van der Waals surface area contributed by atoms with Gasteiger partial charge in [0.15, 0.2) is 11.5 Å². The summed E-state index contributed by atoms with van der Waals surface area (Å²) in [5, 5.41) is 46.0. The number of carboxylic acid groups (broad SMARTS) is 2. The van der Waals surface area contributed by atoms with Crippen molar-refractivity contribution in [3.63, 3.8) is 0 Å². The van der Waals surface area contributed by atoms with Gasteiger partial charge in [-0.1, -0.05) is 6.07 Å². The van der Waals surface area contributed by atoms with Crippen molar-refractivity contribution in [2.45, 2.75) is 25.2 Å². The summed E-state index contributed by atoms with van der Waals surface area (Å²) in [6.07, 6.45) is -6.21. The lowest BCUT2D eigenvalue weighted by Crippen LogP contribution is -2.47. The van der Waals surface area contributed by atoms with E-state index in [2.05, 4.69) is 4.74 Å². The average Bonchev–Trinajstić information content (AvgIpc) is 2.45. The third kappa shape index (κ3) is 4.48. The van der Waals surface area contributed by atoms with E-state index in [9.17, 15) is 24.6 Å². The van der Waals surface area contributed by atoms with Crippen LogP contribution in [0.25, 0.3) is 0 Å². The molecular formula is C13H14O10. The number of phenols is 2. The summed E-state index contributed by atoms with van der Waals surface area (Å²) in [4.78, 5) is 33.6. The first-order chi connectivity index (χ1) is 10.6. The Balaban J connectivity index is 3.11. The molecule has 0 radical (unpaired) electrons. The first kappa shape index (κ1) is 18.0. The number of rotatable bonds is 7. The van der Waals surface area contributed by atoms with E-state index in [-0.39, 0.29) is 0 Å². The van der Waals surface area contributed by atoms with Crippen LogP contribution in [-0.2, 0) is 19.1 Å². The second kappa shape index (κ2) is 7.31. The Morgan fingerprint density at radius 3 is 2.09 bits per heavy atom. The minimum atomic E-state index is -2.30. The van der Waals surface area contributed by atoms with E-state index < -0.39 is 53.5 Å². The number of para-hydroxylation sites is 1. The number of esters is 1. The van der Waals surface area contributed by atoms with E-state index >= 15 is 0 Å². The van der Waals surface area contributed by atoms with Crippen LogP contribution in [0.15, 0.2) is 18.2 Å². The van der Waals surface area contributed by atoms with Crippen LogP contribution >= 0.6 is 0 Å². The van der Waals surface area contributed by atoms with Crippen LogP contribution in [-0.4, -0.2) is 61.8 Å². The van der Waals surface area contributed by atoms with Crippen LogP contribution in [0.2, 0.25) is 0 Å². The number of carbonyl (C=O) groups is 3. The fourth-order valence-corrected chi connectivity index (χ4v) is 1.45. The predicted octanol–water partition coefficient (Wildman–Crippen LogP) is -0.693. The summed E-state index contributed by atoms with van der Waals surface area (Å²) in [5.74, 6) is -6.99. The van der Waals surface area contributed by atoms with Crippen molar-refractivity contribution < 1.29 is 49.4 Å². The molecule has 3 unspecified atom stereocenters. The fourth-order valence-electron chi connectivity index (χ4n) is 1.45. The minimum absolute atomic E-state index is 0.531. The van der Waals surface area contributed by atoms with Gasteiger partial charge in [-0.2, -0.15) is 0 Å². The van der Waals surface area contributed by atoms with E-state index in [4.69, 9.17) is 20.1 Å². The van der Waals surface area contributed by atoms with Gasteiger partial charge >= 0.3 is 17.9 Å². The smallest absolute Gasteiger partial charge is 0.349 e. The topological polar surface area (TPSA) is 171 Å². The Kier molecular flexibility index (Phi) is 5.74. The molecule has 10 nitrogen and oxygen atoms in total. The average molecular weight is 330 g/mol. The van der Waals surface area contributed by atoms with Gasteiger partial charge in [-0.3, -0.25) is 0 Å². The number of carboxylic acids is 2. The summed E-state index contributed by atoms with van der Waals surface area (Å²) >= 11 is 0. The third-order valence-corrected chi connectivity index (χ3v) is 2.58. The van der Waals surface area contributed by atoms with Crippen molar-refractivity contribution in [1.29, 1.82) is 0 Å². The minimum Gasteiger partial charge on any atom is -0.504 e.